The second-order valence-corrected chi connectivity index (χ2v) is 8.79. The van der Waals surface area contributed by atoms with E-state index < -0.39 is 0 Å². The van der Waals surface area contributed by atoms with Gasteiger partial charge in [0.05, 0.1) is 0 Å². The molecule has 0 aliphatic carbocycles. The van der Waals surface area contributed by atoms with Crippen LogP contribution in [0.15, 0.2) is 24.3 Å². The second-order valence-electron chi connectivity index (χ2n) is 7.18. The van der Waals surface area contributed by atoms with Crippen molar-refractivity contribution in [3.05, 3.63) is 35.4 Å². The predicted molar refractivity (Wildman–Crippen MR) is 98.5 cm³/mol. The molecule has 0 aromatic heterocycles. The van der Waals surface area contributed by atoms with Crippen molar-refractivity contribution in [2.75, 3.05) is 12.3 Å². The molecule has 0 saturated carbocycles. The fourth-order valence-electron chi connectivity index (χ4n) is 2.27. The summed E-state index contributed by atoms with van der Waals surface area (Å²) in [6, 6.07) is 9.78. The first-order valence-corrected chi connectivity index (χ1v) is 9.32. The molecule has 2 heteroatoms. The summed E-state index contributed by atoms with van der Waals surface area (Å²) in [6.45, 7) is 14.7. The molecule has 1 aromatic carbocycles. The number of benzene rings is 1. The van der Waals surface area contributed by atoms with Gasteiger partial charge >= 0.3 is 0 Å². The molecular weight excluding hydrogens is 274 g/mol. The van der Waals surface area contributed by atoms with Crippen molar-refractivity contribution in [3.63, 3.8) is 0 Å². The summed E-state index contributed by atoms with van der Waals surface area (Å²) in [5, 5.41) is 4.40. The summed E-state index contributed by atoms with van der Waals surface area (Å²) >= 11 is 2.05. The summed E-state index contributed by atoms with van der Waals surface area (Å²) in [5.41, 5.74) is 3.10. The van der Waals surface area contributed by atoms with Crippen molar-refractivity contribution >= 4 is 11.8 Å². The van der Waals surface area contributed by atoms with Crippen molar-refractivity contribution in [1.29, 1.82) is 0 Å². The van der Waals surface area contributed by atoms with Crippen LogP contribution in [0.1, 0.15) is 59.1 Å². The second kappa shape index (κ2) is 8.85. The van der Waals surface area contributed by atoms with Crippen molar-refractivity contribution < 1.29 is 0 Å². The van der Waals surface area contributed by atoms with E-state index in [1.807, 2.05) is 0 Å². The maximum atomic E-state index is 3.70. The molecule has 0 aliphatic heterocycles. The van der Waals surface area contributed by atoms with Gasteiger partial charge in [-0.2, -0.15) is 11.8 Å². The number of hydrogen-bond donors (Lipinski definition) is 1. The Hall–Kier alpha value is -0.470. The van der Waals surface area contributed by atoms with Crippen molar-refractivity contribution in [2.45, 2.75) is 71.1 Å². The lowest BCUT2D eigenvalue weighted by molar-refractivity contribution is 0.549. The Balaban J connectivity index is 2.64. The molecule has 0 radical (unpaired) electrons. The van der Waals surface area contributed by atoms with Gasteiger partial charge in [0, 0.05) is 11.8 Å². The third kappa shape index (κ3) is 7.37. The number of rotatable bonds is 8. The first-order chi connectivity index (χ1) is 9.82. The van der Waals surface area contributed by atoms with E-state index in [0.29, 0.717) is 11.3 Å². The normalized spacial score (nSPS) is 13.7. The third-order valence-electron chi connectivity index (χ3n) is 3.62. The zero-order valence-corrected chi connectivity index (χ0v) is 15.5. The number of hydrogen-bond acceptors (Lipinski definition) is 2. The molecule has 0 amide bonds. The van der Waals surface area contributed by atoms with Gasteiger partial charge in [-0.3, -0.25) is 0 Å². The van der Waals surface area contributed by atoms with Crippen LogP contribution in [0.3, 0.4) is 0 Å². The highest BCUT2D eigenvalue weighted by Crippen LogP contribution is 2.23. The highest BCUT2D eigenvalue weighted by molar-refractivity contribution is 7.99. The number of nitrogens with one attached hydrogen (secondary N) is 1. The first kappa shape index (κ1) is 18.6. The van der Waals surface area contributed by atoms with Gasteiger partial charge in [0.15, 0.2) is 0 Å². The van der Waals surface area contributed by atoms with Crippen molar-refractivity contribution in [2.24, 2.45) is 0 Å². The Morgan fingerprint density at radius 1 is 1.10 bits per heavy atom. The van der Waals surface area contributed by atoms with Crippen LogP contribution < -0.4 is 5.32 Å². The van der Waals surface area contributed by atoms with Crippen LogP contribution in [0, 0.1) is 0 Å². The molecule has 21 heavy (non-hydrogen) atoms. The van der Waals surface area contributed by atoms with Gasteiger partial charge in [0.2, 0.25) is 0 Å². The molecule has 0 heterocycles. The summed E-state index contributed by atoms with van der Waals surface area (Å²) in [5.74, 6) is 1.19. The Labute approximate surface area is 136 Å². The lowest BCUT2D eigenvalue weighted by Crippen LogP contribution is -2.34. The SMILES string of the molecule is CCCNC(CSC(C)C)Cc1ccc(C(C)(C)C)cc1. The standard InChI is InChI=1S/C19H33NS/c1-7-12-20-18(14-21-15(2)3)13-16-8-10-17(11-9-16)19(4,5)6/h8-11,15,18,20H,7,12-14H2,1-6H3. The molecule has 0 spiro atoms. The average molecular weight is 308 g/mol. The maximum absolute atomic E-state index is 3.70. The first-order valence-electron chi connectivity index (χ1n) is 8.27. The lowest BCUT2D eigenvalue weighted by atomic mass is 9.86. The summed E-state index contributed by atoms with van der Waals surface area (Å²) in [4.78, 5) is 0. The predicted octanol–water partition coefficient (Wildman–Crippen LogP) is 5.04. The molecule has 0 saturated heterocycles. The monoisotopic (exact) mass is 307 g/mol. The highest BCUT2D eigenvalue weighted by atomic mass is 32.2. The summed E-state index contributed by atoms with van der Waals surface area (Å²) in [6.07, 6.45) is 2.33. The zero-order chi connectivity index (χ0) is 15.9. The van der Waals surface area contributed by atoms with E-state index in [2.05, 4.69) is 82.9 Å². The van der Waals surface area contributed by atoms with E-state index in [4.69, 9.17) is 0 Å². The Morgan fingerprint density at radius 2 is 1.71 bits per heavy atom. The smallest absolute Gasteiger partial charge is 0.0198 e. The molecular formula is C19H33NS. The van der Waals surface area contributed by atoms with Crippen LogP contribution in [0.2, 0.25) is 0 Å². The summed E-state index contributed by atoms with van der Waals surface area (Å²) < 4.78 is 0. The number of thioether (sulfide) groups is 1. The van der Waals surface area contributed by atoms with Gasteiger partial charge in [-0.05, 0) is 41.2 Å². The maximum Gasteiger partial charge on any atom is 0.0198 e. The minimum atomic E-state index is 0.242. The van der Waals surface area contributed by atoms with E-state index in [-0.39, 0.29) is 5.41 Å². The van der Waals surface area contributed by atoms with Crippen LogP contribution in [0.25, 0.3) is 0 Å². The van der Waals surface area contributed by atoms with E-state index in [0.717, 1.165) is 13.0 Å². The van der Waals surface area contributed by atoms with Gasteiger partial charge in [-0.15, -0.1) is 0 Å². The molecule has 1 unspecified atom stereocenters. The van der Waals surface area contributed by atoms with Gasteiger partial charge in [0.1, 0.15) is 0 Å². The van der Waals surface area contributed by atoms with Crippen LogP contribution in [-0.2, 0) is 11.8 Å². The highest BCUT2D eigenvalue weighted by Gasteiger charge is 2.14. The van der Waals surface area contributed by atoms with Gasteiger partial charge in [-0.1, -0.05) is 65.8 Å². The molecule has 0 aliphatic rings. The lowest BCUT2D eigenvalue weighted by Gasteiger charge is -2.21. The quantitative estimate of drug-likeness (QED) is 0.722. The minimum Gasteiger partial charge on any atom is -0.313 e. The fraction of sp³-hybridized carbons (Fsp3) is 0.684. The third-order valence-corrected chi connectivity index (χ3v) is 4.88. The zero-order valence-electron chi connectivity index (χ0n) is 14.7. The van der Waals surface area contributed by atoms with Crippen molar-refractivity contribution in [1.82, 2.24) is 5.32 Å². The topological polar surface area (TPSA) is 12.0 Å². The van der Waals surface area contributed by atoms with E-state index in [1.165, 1.54) is 23.3 Å². The van der Waals surface area contributed by atoms with Gasteiger partial charge < -0.3 is 5.32 Å². The minimum absolute atomic E-state index is 0.242. The van der Waals surface area contributed by atoms with E-state index in [9.17, 15) is 0 Å². The fourth-order valence-corrected chi connectivity index (χ4v) is 3.13. The average Bonchev–Trinajstić information content (AvgIpc) is 2.41. The van der Waals surface area contributed by atoms with Crippen LogP contribution in [0.5, 0.6) is 0 Å². The van der Waals surface area contributed by atoms with E-state index >= 15 is 0 Å². The van der Waals surface area contributed by atoms with Crippen molar-refractivity contribution in [3.8, 4) is 0 Å². The largest absolute Gasteiger partial charge is 0.313 e. The van der Waals surface area contributed by atoms with Crippen LogP contribution >= 0.6 is 11.8 Å². The molecule has 0 bridgehead atoms. The van der Waals surface area contributed by atoms with Gasteiger partial charge in [0.25, 0.3) is 0 Å². The van der Waals surface area contributed by atoms with Crippen LogP contribution in [0.4, 0.5) is 0 Å². The van der Waals surface area contributed by atoms with Gasteiger partial charge in [-0.25, -0.2) is 0 Å². The Bertz CT molecular complexity index is 389. The molecule has 1 atom stereocenters. The molecule has 1 rings (SSSR count). The summed E-state index contributed by atoms with van der Waals surface area (Å²) in [7, 11) is 0. The van der Waals surface area contributed by atoms with E-state index in [1.54, 1.807) is 0 Å². The molecule has 1 N–H and O–H groups in total. The Morgan fingerprint density at radius 3 is 2.19 bits per heavy atom. The molecule has 1 aromatic rings. The molecule has 0 fully saturated rings. The molecule has 1 nitrogen and oxygen atoms in total. The van der Waals surface area contributed by atoms with Crippen LogP contribution in [-0.4, -0.2) is 23.6 Å². The Kier molecular flexibility index (Phi) is 7.83. The molecule has 120 valence electrons.